The minimum Gasteiger partial charge on any atom is -0.358 e. The minimum absolute atomic E-state index is 0.707. The van der Waals surface area contributed by atoms with E-state index in [4.69, 9.17) is 0 Å². The molecular formula is C12H20N+. The highest BCUT2D eigenvalue weighted by molar-refractivity contribution is 5.28. The first kappa shape index (κ1) is 10.3. The number of quaternary nitrogens is 1. The van der Waals surface area contributed by atoms with Crippen LogP contribution in [0.15, 0.2) is 24.3 Å². The molecule has 1 unspecified atom stereocenters. The van der Waals surface area contributed by atoms with Crippen molar-refractivity contribution in [2.75, 3.05) is 6.54 Å². The van der Waals surface area contributed by atoms with Crippen LogP contribution in [0.2, 0.25) is 0 Å². The van der Waals surface area contributed by atoms with E-state index in [-0.39, 0.29) is 0 Å². The molecule has 1 aromatic carbocycles. The molecule has 72 valence electrons. The maximum absolute atomic E-state index is 3.93. The summed E-state index contributed by atoms with van der Waals surface area (Å²) in [7, 11) is 0. The van der Waals surface area contributed by atoms with Crippen molar-refractivity contribution in [2.45, 2.75) is 32.6 Å². The average molecular weight is 178 g/mol. The molecule has 1 aromatic rings. The second-order valence-electron chi connectivity index (χ2n) is 3.60. The van der Waals surface area contributed by atoms with Crippen LogP contribution in [-0.4, -0.2) is 6.54 Å². The van der Waals surface area contributed by atoms with Crippen LogP contribution >= 0.6 is 0 Å². The molecule has 0 fully saturated rings. The summed E-state index contributed by atoms with van der Waals surface area (Å²) in [6.45, 7) is 5.49. The third-order valence-corrected chi connectivity index (χ3v) is 2.67. The van der Waals surface area contributed by atoms with E-state index in [1.165, 1.54) is 24.0 Å². The van der Waals surface area contributed by atoms with Crippen molar-refractivity contribution in [3.05, 3.63) is 35.4 Å². The Kier molecular flexibility index (Phi) is 3.97. The monoisotopic (exact) mass is 178 g/mol. The molecule has 0 radical (unpaired) electrons. The van der Waals surface area contributed by atoms with Gasteiger partial charge in [-0.05, 0) is 30.4 Å². The van der Waals surface area contributed by atoms with Crippen molar-refractivity contribution in [3.63, 3.8) is 0 Å². The Morgan fingerprint density at radius 1 is 1.31 bits per heavy atom. The van der Waals surface area contributed by atoms with E-state index in [9.17, 15) is 0 Å². The van der Waals surface area contributed by atoms with Crippen LogP contribution in [0.5, 0.6) is 0 Å². The van der Waals surface area contributed by atoms with Crippen LogP contribution < -0.4 is 5.73 Å². The van der Waals surface area contributed by atoms with Crippen LogP contribution in [-0.2, 0) is 0 Å². The molecule has 0 aromatic heterocycles. The summed E-state index contributed by atoms with van der Waals surface area (Å²) in [5.74, 6) is 0.707. The van der Waals surface area contributed by atoms with Gasteiger partial charge in [-0.1, -0.05) is 31.2 Å². The summed E-state index contributed by atoms with van der Waals surface area (Å²) in [6, 6.07) is 8.68. The fourth-order valence-electron chi connectivity index (χ4n) is 1.87. The zero-order valence-electron chi connectivity index (χ0n) is 8.72. The van der Waals surface area contributed by atoms with Crippen LogP contribution in [0.3, 0.4) is 0 Å². The molecule has 1 heteroatoms. The number of hydrogen-bond donors (Lipinski definition) is 1. The van der Waals surface area contributed by atoms with E-state index < -0.39 is 0 Å². The van der Waals surface area contributed by atoms with E-state index in [0.29, 0.717) is 5.92 Å². The van der Waals surface area contributed by atoms with Gasteiger partial charge in [0.2, 0.25) is 0 Å². The summed E-state index contributed by atoms with van der Waals surface area (Å²) < 4.78 is 0. The van der Waals surface area contributed by atoms with Crippen molar-refractivity contribution in [2.24, 2.45) is 0 Å². The molecule has 0 aliphatic heterocycles. The Hall–Kier alpha value is -0.820. The topological polar surface area (TPSA) is 27.6 Å². The molecule has 0 bridgehead atoms. The lowest BCUT2D eigenvalue weighted by molar-refractivity contribution is -0.369. The molecule has 13 heavy (non-hydrogen) atoms. The van der Waals surface area contributed by atoms with Crippen LogP contribution in [0, 0.1) is 6.92 Å². The molecule has 1 nitrogen and oxygen atoms in total. The number of benzene rings is 1. The van der Waals surface area contributed by atoms with Gasteiger partial charge in [0.25, 0.3) is 0 Å². The normalized spacial score (nSPS) is 12.8. The second kappa shape index (κ2) is 5.03. The predicted molar refractivity (Wildman–Crippen MR) is 56.6 cm³/mol. The number of rotatable bonds is 4. The van der Waals surface area contributed by atoms with Gasteiger partial charge in [0.05, 0.1) is 6.54 Å². The first-order valence-electron chi connectivity index (χ1n) is 5.14. The summed E-state index contributed by atoms with van der Waals surface area (Å²) in [4.78, 5) is 0. The van der Waals surface area contributed by atoms with Crippen LogP contribution in [0.4, 0.5) is 0 Å². The third kappa shape index (κ3) is 2.56. The van der Waals surface area contributed by atoms with Crippen molar-refractivity contribution < 1.29 is 5.73 Å². The molecule has 1 rings (SSSR count). The highest BCUT2D eigenvalue weighted by Gasteiger charge is 2.10. The molecule has 3 N–H and O–H groups in total. The third-order valence-electron chi connectivity index (χ3n) is 2.67. The molecule has 0 saturated carbocycles. The Balaban J connectivity index is 2.84. The SMILES string of the molecule is CCC(CC[NH3+])c1ccccc1C. The van der Waals surface area contributed by atoms with Gasteiger partial charge in [-0.2, -0.15) is 0 Å². The largest absolute Gasteiger partial charge is 0.358 e. The zero-order valence-corrected chi connectivity index (χ0v) is 8.72. The zero-order chi connectivity index (χ0) is 9.68. The lowest BCUT2D eigenvalue weighted by atomic mass is 9.90. The lowest BCUT2D eigenvalue weighted by Crippen LogP contribution is -2.50. The first-order chi connectivity index (χ1) is 6.29. The summed E-state index contributed by atoms with van der Waals surface area (Å²) in [5.41, 5.74) is 6.86. The van der Waals surface area contributed by atoms with E-state index in [1.54, 1.807) is 0 Å². The predicted octanol–water partition coefficient (Wildman–Crippen LogP) is 2.12. The van der Waals surface area contributed by atoms with Crippen molar-refractivity contribution >= 4 is 0 Å². The highest BCUT2D eigenvalue weighted by Crippen LogP contribution is 2.24. The number of aryl methyl sites for hydroxylation is 1. The maximum Gasteiger partial charge on any atom is 0.0745 e. The lowest BCUT2D eigenvalue weighted by Gasteiger charge is -2.15. The van der Waals surface area contributed by atoms with Crippen molar-refractivity contribution in [3.8, 4) is 0 Å². The van der Waals surface area contributed by atoms with Gasteiger partial charge in [0.15, 0.2) is 0 Å². The summed E-state index contributed by atoms with van der Waals surface area (Å²) in [5, 5.41) is 0. The molecule has 0 aliphatic rings. The molecule has 0 heterocycles. The summed E-state index contributed by atoms with van der Waals surface area (Å²) >= 11 is 0. The van der Waals surface area contributed by atoms with Crippen molar-refractivity contribution in [1.29, 1.82) is 0 Å². The summed E-state index contributed by atoms with van der Waals surface area (Å²) in [6.07, 6.45) is 2.43. The molecule has 0 amide bonds. The Morgan fingerprint density at radius 3 is 2.54 bits per heavy atom. The fraction of sp³-hybridized carbons (Fsp3) is 0.500. The van der Waals surface area contributed by atoms with E-state index >= 15 is 0 Å². The smallest absolute Gasteiger partial charge is 0.0745 e. The fourth-order valence-corrected chi connectivity index (χ4v) is 1.87. The van der Waals surface area contributed by atoms with Gasteiger partial charge in [-0.3, -0.25) is 0 Å². The molecule has 0 aliphatic carbocycles. The average Bonchev–Trinajstić information content (AvgIpc) is 2.16. The Morgan fingerprint density at radius 2 is 2.00 bits per heavy atom. The Bertz CT molecular complexity index is 255. The standard InChI is InChI=1S/C12H19N/c1-3-11(8-9-13)12-7-5-4-6-10(12)2/h4-7,11H,3,8-9,13H2,1-2H3/p+1. The van der Waals surface area contributed by atoms with Gasteiger partial charge in [-0.25, -0.2) is 0 Å². The molecule has 0 spiro atoms. The molecular weight excluding hydrogens is 158 g/mol. The van der Waals surface area contributed by atoms with Gasteiger partial charge in [0, 0.05) is 6.42 Å². The van der Waals surface area contributed by atoms with E-state index in [2.05, 4.69) is 43.8 Å². The first-order valence-corrected chi connectivity index (χ1v) is 5.14. The van der Waals surface area contributed by atoms with E-state index in [1.807, 2.05) is 0 Å². The number of hydrogen-bond acceptors (Lipinski definition) is 0. The van der Waals surface area contributed by atoms with Gasteiger partial charge in [0.1, 0.15) is 0 Å². The minimum atomic E-state index is 0.707. The van der Waals surface area contributed by atoms with Gasteiger partial charge >= 0.3 is 0 Å². The second-order valence-corrected chi connectivity index (χ2v) is 3.60. The van der Waals surface area contributed by atoms with E-state index in [0.717, 1.165) is 6.54 Å². The van der Waals surface area contributed by atoms with Gasteiger partial charge in [-0.15, -0.1) is 0 Å². The van der Waals surface area contributed by atoms with Crippen LogP contribution in [0.1, 0.15) is 36.8 Å². The molecule has 0 saturated heterocycles. The quantitative estimate of drug-likeness (QED) is 0.731. The van der Waals surface area contributed by atoms with Gasteiger partial charge < -0.3 is 5.73 Å². The Labute approximate surface area is 81.0 Å². The molecule has 1 atom stereocenters. The van der Waals surface area contributed by atoms with Crippen LogP contribution in [0.25, 0.3) is 0 Å². The highest BCUT2D eigenvalue weighted by atomic mass is 14.5. The maximum atomic E-state index is 3.93. The van der Waals surface area contributed by atoms with Crippen molar-refractivity contribution in [1.82, 2.24) is 0 Å².